The van der Waals surface area contributed by atoms with Crippen LogP contribution in [0.5, 0.6) is 11.5 Å². The first-order chi connectivity index (χ1) is 12.0. The Balaban J connectivity index is 2.19. The van der Waals surface area contributed by atoms with Gasteiger partial charge in [-0.3, -0.25) is 0 Å². The first-order valence-corrected chi connectivity index (χ1v) is 8.71. The van der Waals surface area contributed by atoms with E-state index >= 15 is 0 Å². The van der Waals surface area contributed by atoms with Gasteiger partial charge in [0.05, 0.1) is 17.3 Å². The number of hydrogen-bond acceptors (Lipinski definition) is 4. The molecule has 0 N–H and O–H groups in total. The normalized spacial score (nSPS) is 10.7. The van der Waals surface area contributed by atoms with E-state index in [1.165, 1.54) is 19.3 Å². The number of hydrogen-bond donors (Lipinski definition) is 0. The molecule has 0 heterocycles. The molecule has 0 unspecified atom stereocenters. The summed E-state index contributed by atoms with van der Waals surface area (Å²) in [4.78, 5) is 11.4. The van der Waals surface area contributed by atoms with Crippen molar-refractivity contribution in [2.75, 3.05) is 13.7 Å². The van der Waals surface area contributed by atoms with Crippen LogP contribution in [0.3, 0.4) is 0 Å². The summed E-state index contributed by atoms with van der Waals surface area (Å²) in [5.74, 6) is 0.313. The smallest absolute Gasteiger partial charge is 0.330 e. The minimum absolute atomic E-state index is 0.0943. The Morgan fingerprint density at radius 3 is 2.72 bits per heavy atom. The molecule has 0 saturated heterocycles. The molecule has 0 aromatic heterocycles. The second kappa shape index (κ2) is 9.41. The third kappa shape index (κ3) is 5.45. The maximum atomic E-state index is 13.7. The fraction of sp³-hybridized carbons (Fsp3) is 0.211. The molecule has 0 radical (unpaired) electrons. The number of benzene rings is 2. The van der Waals surface area contributed by atoms with Crippen LogP contribution < -0.4 is 9.47 Å². The van der Waals surface area contributed by atoms with Crippen LogP contribution in [0.25, 0.3) is 6.08 Å². The Kier molecular flexibility index (Phi) is 7.24. The van der Waals surface area contributed by atoms with Crippen LogP contribution in [-0.4, -0.2) is 19.7 Å². The average Bonchev–Trinajstić information content (AvgIpc) is 2.60. The third-order valence-corrected chi connectivity index (χ3v) is 4.08. The van der Waals surface area contributed by atoms with E-state index < -0.39 is 5.97 Å². The van der Waals surface area contributed by atoms with Crippen molar-refractivity contribution in [3.8, 4) is 11.5 Å². The van der Waals surface area contributed by atoms with Crippen molar-refractivity contribution in [2.24, 2.45) is 0 Å². The third-order valence-electron chi connectivity index (χ3n) is 3.28. The number of halogens is 2. The van der Waals surface area contributed by atoms with Crippen molar-refractivity contribution in [1.82, 2.24) is 0 Å². The van der Waals surface area contributed by atoms with Crippen molar-refractivity contribution in [3.05, 3.63) is 63.0 Å². The molecule has 0 saturated carbocycles. The lowest BCUT2D eigenvalue weighted by Gasteiger charge is -2.14. The lowest BCUT2D eigenvalue weighted by Crippen LogP contribution is -2.02. The molecule has 132 valence electrons. The highest BCUT2D eigenvalue weighted by Gasteiger charge is 2.12. The van der Waals surface area contributed by atoms with E-state index in [0.29, 0.717) is 23.7 Å². The molecule has 6 heteroatoms. The van der Waals surface area contributed by atoms with Gasteiger partial charge in [-0.15, -0.1) is 0 Å². The van der Waals surface area contributed by atoms with Crippen LogP contribution >= 0.6 is 22.6 Å². The number of methoxy groups -OCH3 is 1. The summed E-state index contributed by atoms with van der Waals surface area (Å²) in [6, 6.07) is 10.0. The first kappa shape index (κ1) is 19.2. The Hall–Kier alpha value is -2.09. The van der Waals surface area contributed by atoms with Crippen LogP contribution in [0, 0.1) is 9.39 Å². The van der Waals surface area contributed by atoms with Gasteiger partial charge in [-0.1, -0.05) is 18.2 Å². The van der Waals surface area contributed by atoms with Crippen molar-refractivity contribution in [2.45, 2.75) is 13.5 Å². The molecular formula is C19H18FIO4. The predicted molar refractivity (Wildman–Crippen MR) is 102 cm³/mol. The lowest BCUT2D eigenvalue weighted by atomic mass is 10.2. The van der Waals surface area contributed by atoms with Gasteiger partial charge in [0.15, 0.2) is 11.5 Å². The summed E-state index contributed by atoms with van der Waals surface area (Å²) >= 11 is 2.11. The number of ether oxygens (including phenoxy) is 3. The molecule has 0 atom stereocenters. The van der Waals surface area contributed by atoms with Crippen LogP contribution in [-0.2, 0) is 16.1 Å². The maximum Gasteiger partial charge on any atom is 0.330 e. The molecule has 2 aromatic carbocycles. The van der Waals surface area contributed by atoms with E-state index in [2.05, 4.69) is 22.6 Å². The number of carbonyl (C=O) groups is 1. The van der Waals surface area contributed by atoms with Gasteiger partial charge in [-0.2, -0.15) is 0 Å². The van der Waals surface area contributed by atoms with Crippen LogP contribution in [0.4, 0.5) is 4.39 Å². The van der Waals surface area contributed by atoms with Gasteiger partial charge < -0.3 is 14.2 Å². The van der Waals surface area contributed by atoms with E-state index in [0.717, 1.165) is 9.13 Å². The van der Waals surface area contributed by atoms with Crippen molar-refractivity contribution >= 4 is 34.6 Å². The van der Waals surface area contributed by atoms with E-state index in [1.807, 2.05) is 6.07 Å². The second-order valence-corrected chi connectivity index (χ2v) is 6.16. The van der Waals surface area contributed by atoms with Crippen molar-refractivity contribution in [3.63, 3.8) is 0 Å². The molecule has 0 fully saturated rings. The van der Waals surface area contributed by atoms with Gasteiger partial charge in [-0.05, 0) is 59.4 Å². The van der Waals surface area contributed by atoms with Gasteiger partial charge in [-0.25, -0.2) is 9.18 Å². The Bertz CT molecular complexity index is 774. The highest BCUT2D eigenvalue weighted by Crippen LogP contribution is 2.35. The zero-order valence-corrected chi connectivity index (χ0v) is 16.1. The Labute approximate surface area is 159 Å². The minimum atomic E-state index is -0.406. The number of carbonyl (C=O) groups excluding carboxylic acids is 1. The zero-order chi connectivity index (χ0) is 18.2. The molecule has 0 aliphatic rings. The standard InChI is InChI=1S/C19H18FIO4/c1-3-24-18(22)9-8-13-10-16(21)19(17(11-13)23-2)25-12-14-6-4-5-7-15(14)20/h4-11H,3,12H2,1-2H3/b9-8+. The van der Waals surface area contributed by atoms with Gasteiger partial charge in [0.1, 0.15) is 12.4 Å². The molecule has 0 amide bonds. The maximum absolute atomic E-state index is 13.7. The quantitative estimate of drug-likeness (QED) is 0.347. The molecule has 2 aromatic rings. The average molecular weight is 456 g/mol. The molecule has 25 heavy (non-hydrogen) atoms. The highest BCUT2D eigenvalue weighted by atomic mass is 127. The van der Waals surface area contributed by atoms with Crippen molar-refractivity contribution in [1.29, 1.82) is 0 Å². The van der Waals surface area contributed by atoms with Crippen molar-refractivity contribution < 1.29 is 23.4 Å². The van der Waals surface area contributed by atoms with E-state index in [9.17, 15) is 9.18 Å². The molecule has 2 rings (SSSR count). The Morgan fingerprint density at radius 2 is 2.04 bits per heavy atom. The summed E-state index contributed by atoms with van der Waals surface area (Å²) in [5, 5.41) is 0. The summed E-state index contributed by atoms with van der Waals surface area (Å²) < 4.78 is 30.5. The fourth-order valence-electron chi connectivity index (χ4n) is 2.10. The lowest BCUT2D eigenvalue weighted by molar-refractivity contribution is -0.137. The number of esters is 1. The summed E-state index contributed by atoms with van der Waals surface area (Å²) in [6.07, 6.45) is 3.00. The molecule has 4 nitrogen and oxygen atoms in total. The predicted octanol–water partition coefficient (Wildman–Crippen LogP) is 4.59. The van der Waals surface area contributed by atoms with Crippen LogP contribution in [0.1, 0.15) is 18.1 Å². The molecule has 0 spiro atoms. The monoisotopic (exact) mass is 456 g/mol. The van der Waals surface area contributed by atoms with E-state index in [-0.39, 0.29) is 12.4 Å². The topological polar surface area (TPSA) is 44.8 Å². The minimum Gasteiger partial charge on any atom is -0.493 e. The van der Waals surface area contributed by atoms with Crippen LogP contribution in [0.2, 0.25) is 0 Å². The molecule has 0 aliphatic heterocycles. The number of rotatable bonds is 7. The fourth-order valence-corrected chi connectivity index (χ4v) is 2.88. The van der Waals surface area contributed by atoms with Crippen LogP contribution in [0.15, 0.2) is 42.5 Å². The zero-order valence-electron chi connectivity index (χ0n) is 13.9. The molecular weight excluding hydrogens is 438 g/mol. The van der Waals surface area contributed by atoms with Gasteiger partial charge in [0.25, 0.3) is 0 Å². The van der Waals surface area contributed by atoms with Gasteiger partial charge >= 0.3 is 5.97 Å². The molecule has 0 bridgehead atoms. The molecule has 0 aliphatic carbocycles. The van der Waals surface area contributed by atoms with Gasteiger partial charge in [0.2, 0.25) is 0 Å². The SMILES string of the molecule is CCOC(=O)/C=C/c1cc(I)c(OCc2ccccc2F)c(OC)c1. The summed E-state index contributed by atoms with van der Waals surface area (Å²) in [6.45, 7) is 2.17. The summed E-state index contributed by atoms with van der Waals surface area (Å²) in [7, 11) is 1.53. The van der Waals surface area contributed by atoms with E-state index in [1.54, 1.807) is 37.3 Å². The summed E-state index contributed by atoms with van der Waals surface area (Å²) in [5.41, 5.74) is 1.24. The van der Waals surface area contributed by atoms with E-state index in [4.69, 9.17) is 14.2 Å². The highest BCUT2D eigenvalue weighted by molar-refractivity contribution is 14.1. The van der Waals surface area contributed by atoms with Gasteiger partial charge in [0, 0.05) is 11.6 Å². The first-order valence-electron chi connectivity index (χ1n) is 7.63. The Morgan fingerprint density at radius 1 is 1.28 bits per heavy atom. The largest absolute Gasteiger partial charge is 0.493 e. The second-order valence-electron chi connectivity index (χ2n) is 5.00.